The minimum absolute atomic E-state index is 0.0325. The normalized spacial score (nSPS) is 18.5. The number of methoxy groups -OCH3 is 1. The maximum atomic E-state index is 13.9. The number of rotatable bonds is 5. The first kappa shape index (κ1) is 23.8. The summed E-state index contributed by atoms with van der Waals surface area (Å²) in [5.41, 5.74) is 2.59. The minimum atomic E-state index is -1.56. The summed E-state index contributed by atoms with van der Waals surface area (Å²) < 4.78 is 48.8. The number of carbonyl (C=O) groups is 1. The number of carbonyl (C=O) groups excluding carboxylic acids is 1. The van der Waals surface area contributed by atoms with Crippen LogP contribution in [0.1, 0.15) is 35.7 Å². The van der Waals surface area contributed by atoms with Gasteiger partial charge >= 0.3 is 0 Å². The molecule has 7 nitrogen and oxygen atoms in total. The second-order valence-electron chi connectivity index (χ2n) is 8.69. The van der Waals surface area contributed by atoms with E-state index in [2.05, 4.69) is 9.98 Å². The van der Waals surface area contributed by atoms with E-state index in [1.807, 2.05) is 47.0 Å². The standard InChI is InChI=1S/C26H24F3N5O2/c1-16-14-32(15-30-16)21-7-5-17(11-22(21)36-2)6-8-23-31-26(35)25(34-10-4-3-9-33(23)34)18-12-19(27)24(29)20(28)13-18/h5-8,11-15,25H,3-4,9-10H2,1-2H3/b8-6+. The number of halogens is 3. The van der Waals surface area contributed by atoms with Crippen molar-refractivity contribution in [2.75, 3.05) is 20.2 Å². The molecule has 0 N–H and O–H groups in total. The van der Waals surface area contributed by atoms with Crippen LogP contribution in [0.4, 0.5) is 13.2 Å². The molecule has 36 heavy (non-hydrogen) atoms. The number of amides is 1. The molecule has 3 aromatic rings. The van der Waals surface area contributed by atoms with E-state index in [4.69, 9.17) is 4.74 Å². The Hall–Kier alpha value is -3.92. The molecule has 0 saturated carbocycles. The van der Waals surface area contributed by atoms with Crippen LogP contribution in [0, 0.1) is 24.4 Å². The monoisotopic (exact) mass is 495 g/mol. The summed E-state index contributed by atoms with van der Waals surface area (Å²) in [6.45, 7) is 2.99. The molecule has 186 valence electrons. The van der Waals surface area contributed by atoms with Gasteiger partial charge in [0, 0.05) is 19.3 Å². The lowest BCUT2D eigenvalue weighted by Gasteiger charge is -2.45. The summed E-state index contributed by atoms with van der Waals surface area (Å²) in [5.74, 6) is -3.72. The predicted molar refractivity (Wildman–Crippen MR) is 128 cm³/mol. The molecule has 10 heteroatoms. The molecule has 1 atom stereocenters. The lowest BCUT2D eigenvalue weighted by atomic mass is 10.0. The SMILES string of the molecule is COc1cc(/C=C/C2=NC(=O)C(c3cc(F)c(F)c(F)c3)N3CCCCN23)ccc1-n1cnc(C)c1. The Bertz CT molecular complexity index is 1360. The highest BCUT2D eigenvalue weighted by molar-refractivity contribution is 6.06. The summed E-state index contributed by atoms with van der Waals surface area (Å²) in [6, 6.07) is 6.39. The van der Waals surface area contributed by atoms with Crippen molar-refractivity contribution >= 4 is 17.8 Å². The molecule has 0 aliphatic carbocycles. The molecular formula is C26H24F3N5O2. The number of fused-ring (bicyclic) bond motifs is 1. The Morgan fingerprint density at radius 3 is 2.50 bits per heavy atom. The van der Waals surface area contributed by atoms with Gasteiger partial charge in [-0.2, -0.15) is 4.99 Å². The van der Waals surface area contributed by atoms with Gasteiger partial charge in [-0.3, -0.25) is 9.80 Å². The van der Waals surface area contributed by atoms with Gasteiger partial charge in [-0.15, -0.1) is 0 Å². The van der Waals surface area contributed by atoms with Crippen molar-refractivity contribution in [1.82, 2.24) is 19.6 Å². The van der Waals surface area contributed by atoms with Gasteiger partial charge in [0.05, 0.1) is 24.8 Å². The number of hydrogen-bond donors (Lipinski definition) is 0. The second-order valence-corrected chi connectivity index (χ2v) is 8.69. The third-order valence-electron chi connectivity index (χ3n) is 6.28. The maximum absolute atomic E-state index is 13.9. The second kappa shape index (κ2) is 9.62. The molecule has 1 unspecified atom stereocenters. The Labute approximate surface area is 206 Å². The first-order valence-corrected chi connectivity index (χ1v) is 11.5. The average molecular weight is 496 g/mol. The highest BCUT2D eigenvalue weighted by Gasteiger charge is 2.39. The molecular weight excluding hydrogens is 471 g/mol. The lowest BCUT2D eigenvalue weighted by molar-refractivity contribution is -0.134. The average Bonchev–Trinajstić information content (AvgIpc) is 3.31. The molecule has 1 saturated heterocycles. The molecule has 2 aromatic carbocycles. The van der Waals surface area contributed by atoms with Gasteiger partial charge in [0.1, 0.15) is 17.6 Å². The van der Waals surface area contributed by atoms with Gasteiger partial charge in [0.25, 0.3) is 5.91 Å². The summed E-state index contributed by atoms with van der Waals surface area (Å²) in [6.07, 6.45) is 8.83. The maximum Gasteiger partial charge on any atom is 0.271 e. The van der Waals surface area contributed by atoms with Crippen LogP contribution in [0.25, 0.3) is 11.8 Å². The summed E-state index contributed by atoms with van der Waals surface area (Å²) >= 11 is 0. The van der Waals surface area contributed by atoms with E-state index in [-0.39, 0.29) is 5.56 Å². The van der Waals surface area contributed by atoms with Crippen LogP contribution >= 0.6 is 0 Å². The van der Waals surface area contributed by atoms with Crippen molar-refractivity contribution in [3.63, 3.8) is 0 Å². The third kappa shape index (κ3) is 4.39. The summed E-state index contributed by atoms with van der Waals surface area (Å²) in [5, 5.41) is 3.58. The fourth-order valence-electron chi connectivity index (χ4n) is 4.56. The largest absolute Gasteiger partial charge is 0.495 e. The third-order valence-corrected chi connectivity index (χ3v) is 6.28. The van der Waals surface area contributed by atoms with E-state index >= 15 is 0 Å². The van der Waals surface area contributed by atoms with Crippen LogP contribution in [0.15, 0.2) is 53.9 Å². The smallest absolute Gasteiger partial charge is 0.271 e. The van der Waals surface area contributed by atoms with E-state index in [1.54, 1.807) is 24.5 Å². The number of aryl methyl sites for hydroxylation is 1. The number of benzene rings is 2. The summed E-state index contributed by atoms with van der Waals surface area (Å²) in [7, 11) is 1.59. The van der Waals surface area contributed by atoms with Gasteiger partial charge in [-0.25, -0.2) is 23.2 Å². The Balaban J connectivity index is 1.45. The van der Waals surface area contributed by atoms with E-state index in [0.717, 1.165) is 41.9 Å². The van der Waals surface area contributed by atoms with E-state index in [1.165, 1.54) is 0 Å². The van der Waals surface area contributed by atoms with Crippen molar-refractivity contribution in [1.29, 1.82) is 0 Å². The number of imidazole rings is 1. The van der Waals surface area contributed by atoms with Gasteiger partial charge in [0.2, 0.25) is 0 Å². The molecule has 5 rings (SSSR count). The van der Waals surface area contributed by atoms with E-state index in [9.17, 15) is 18.0 Å². The topological polar surface area (TPSA) is 63.0 Å². The first-order chi connectivity index (χ1) is 17.4. The summed E-state index contributed by atoms with van der Waals surface area (Å²) in [4.78, 5) is 21.5. The Kier molecular flexibility index (Phi) is 6.36. The highest BCUT2D eigenvalue weighted by Crippen LogP contribution is 2.33. The van der Waals surface area contributed by atoms with Crippen molar-refractivity contribution in [3.05, 3.63) is 83.2 Å². The Morgan fingerprint density at radius 1 is 1.06 bits per heavy atom. The predicted octanol–water partition coefficient (Wildman–Crippen LogP) is 4.61. The van der Waals surface area contributed by atoms with Crippen molar-refractivity contribution in [3.8, 4) is 11.4 Å². The van der Waals surface area contributed by atoms with Crippen LogP contribution in [0.5, 0.6) is 5.75 Å². The lowest BCUT2D eigenvalue weighted by Crippen LogP contribution is -2.56. The van der Waals surface area contributed by atoms with E-state index < -0.39 is 29.4 Å². The number of amidine groups is 1. The molecule has 0 radical (unpaired) electrons. The molecule has 0 bridgehead atoms. The fourth-order valence-corrected chi connectivity index (χ4v) is 4.56. The quantitative estimate of drug-likeness (QED) is 0.484. The van der Waals surface area contributed by atoms with Crippen LogP contribution in [0.3, 0.4) is 0 Å². The zero-order valence-electron chi connectivity index (χ0n) is 19.8. The number of hydrazine groups is 1. The van der Waals surface area contributed by atoms with Crippen LogP contribution in [-0.2, 0) is 4.79 Å². The molecule has 1 aromatic heterocycles. The number of aromatic nitrogens is 2. The van der Waals surface area contributed by atoms with Crippen molar-refractivity contribution < 1.29 is 22.7 Å². The molecule has 1 amide bonds. The Morgan fingerprint density at radius 2 is 1.81 bits per heavy atom. The van der Waals surface area contributed by atoms with Crippen LogP contribution < -0.4 is 4.74 Å². The zero-order valence-corrected chi connectivity index (χ0v) is 19.8. The number of ether oxygens (including phenoxy) is 1. The zero-order chi connectivity index (χ0) is 25.4. The molecule has 1 fully saturated rings. The van der Waals surface area contributed by atoms with Gasteiger partial charge in [-0.05, 0) is 61.2 Å². The number of aliphatic imine (C=N–C) groups is 1. The molecule has 2 aliphatic rings. The number of hydrogen-bond acceptors (Lipinski definition) is 5. The van der Waals surface area contributed by atoms with Gasteiger partial charge in [0.15, 0.2) is 17.5 Å². The van der Waals surface area contributed by atoms with Crippen molar-refractivity contribution in [2.45, 2.75) is 25.8 Å². The fraction of sp³-hybridized carbons (Fsp3) is 0.269. The van der Waals surface area contributed by atoms with Crippen LogP contribution in [0.2, 0.25) is 0 Å². The van der Waals surface area contributed by atoms with Gasteiger partial charge in [-0.1, -0.05) is 12.1 Å². The number of nitrogens with zero attached hydrogens (tertiary/aromatic N) is 5. The molecule has 3 heterocycles. The minimum Gasteiger partial charge on any atom is -0.495 e. The van der Waals surface area contributed by atoms with Crippen LogP contribution in [-0.4, -0.2) is 51.5 Å². The van der Waals surface area contributed by atoms with E-state index in [0.29, 0.717) is 24.7 Å². The highest BCUT2D eigenvalue weighted by atomic mass is 19.2. The molecule has 2 aliphatic heterocycles. The molecule has 0 spiro atoms. The van der Waals surface area contributed by atoms with Gasteiger partial charge < -0.3 is 9.30 Å². The first-order valence-electron chi connectivity index (χ1n) is 11.5. The van der Waals surface area contributed by atoms with Crippen molar-refractivity contribution in [2.24, 2.45) is 4.99 Å².